The first kappa shape index (κ1) is 14.6. The van der Waals surface area contributed by atoms with Gasteiger partial charge in [-0.2, -0.15) is 0 Å². The van der Waals surface area contributed by atoms with Crippen LogP contribution in [0.5, 0.6) is 0 Å². The molecule has 0 saturated carbocycles. The minimum atomic E-state index is -0.294. The SMILES string of the molecule is Cl.Nc1cccn(CC(=O)N2CCCCC2)c1=O. The number of halogens is 1. The van der Waals surface area contributed by atoms with Crippen molar-refractivity contribution in [3.63, 3.8) is 0 Å². The van der Waals surface area contributed by atoms with Crippen LogP contribution in [0, 0.1) is 0 Å². The van der Waals surface area contributed by atoms with Crippen molar-refractivity contribution in [2.24, 2.45) is 0 Å². The van der Waals surface area contributed by atoms with E-state index in [0.717, 1.165) is 25.9 Å². The van der Waals surface area contributed by atoms with E-state index in [1.807, 2.05) is 4.90 Å². The number of pyridine rings is 1. The molecular weight excluding hydrogens is 254 g/mol. The standard InChI is InChI=1S/C12H17N3O2.ClH/c13-10-5-4-8-15(12(10)17)9-11(16)14-6-2-1-3-7-14;/h4-5,8H,1-3,6-7,9,13H2;1H. The Morgan fingerprint density at radius 3 is 2.61 bits per heavy atom. The number of carbonyl (C=O) groups excluding carboxylic acids is 1. The average molecular weight is 272 g/mol. The number of carbonyl (C=O) groups is 1. The van der Waals surface area contributed by atoms with E-state index in [0.29, 0.717) is 0 Å². The van der Waals surface area contributed by atoms with Crippen molar-refractivity contribution in [1.29, 1.82) is 0 Å². The van der Waals surface area contributed by atoms with Gasteiger partial charge in [-0.15, -0.1) is 12.4 Å². The second kappa shape index (κ2) is 6.44. The molecule has 5 nitrogen and oxygen atoms in total. The molecule has 1 aliphatic rings. The summed E-state index contributed by atoms with van der Waals surface area (Å²) >= 11 is 0. The van der Waals surface area contributed by atoms with Crippen LogP contribution in [0.1, 0.15) is 19.3 Å². The number of likely N-dealkylation sites (tertiary alicyclic amines) is 1. The van der Waals surface area contributed by atoms with Gasteiger partial charge >= 0.3 is 0 Å². The summed E-state index contributed by atoms with van der Waals surface area (Å²) in [5.74, 6) is -0.00241. The van der Waals surface area contributed by atoms with E-state index < -0.39 is 0 Å². The molecule has 0 unspecified atom stereocenters. The molecule has 1 saturated heterocycles. The smallest absolute Gasteiger partial charge is 0.274 e. The lowest BCUT2D eigenvalue weighted by atomic mass is 10.1. The Hall–Kier alpha value is -1.49. The van der Waals surface area contributed by atoms with E-state index in [1.165, 1.54) is 11.0 Å². The molecule has 1 aliphatic heterocycles. The molecule has 6 heteroatoms. The van der Waals surface area contributed by atoms with Gasteiger partial charge in [0.1, 0.15) is 6.54 Å². The maximum absolute atomic E-state index is 12.0. The number of rotatable bonds is 2. The second-order valence-corrected chi connectivity index (χ2v) is 4.34. The van der Waals surface area contributed by atoms with Crippen molar-refractivity contribution < 1.29 is 4.79 Å². The van der Waals surface area contributed by atoms with Crippen molar-refractivity contribution in [2.75, 3.05) is 18.8 Å². The van der Waals surface area contributed by atoms with Gasteiger partial charge in [-0.3, -0.25) is 9.59 Å². The zero-order valence-corrected chi connectivity index (χ0v) is 11.0. The highest BCUT2D eigenvalue weighted by Gasteiger charge is 2.17. The molecule has 2 N–H and O–H groups in total. The fourth-order valence-electron chi connectivity index (χ4n) is 2.07. The summed E-state index contributed by atoms with van der Waals surface area (Å²) in [6.45, 7) is 1.69. The lowest BCUT2D eigenvalue weighted by Gasteiger charge is -2.26. The van der Waals surface area contributed by atoms with Crippen LogP contribution in [0.3, 0.4) is 0 Å². The molecule has 1 aromatic rings. The summed E-state index contributed by atoms with van der Waals surface area (Å²) in [5.41, 5.74) is 5.40. The molecule has 0 radical (unpaired) electrons. The molecule has 0 atom stereocenters. The summed E-state index contributed by atoms with van der Waals surface area (Å²) in [5, 5.41) is 0. The van der Waals surface area contributed by atoms with E-state index in [4.69, 9.17) is 5.73 Å². The predicted octanol–water partition coefficient (Wildman–Crippen LogP) is 0.865. The van der Waals surface area contributed by atoms with Gasteiger partial charge in [0, 0.05) is 19.3 Å². The fourth-order valence-corrected chi connectivity index (χ4v) is 2.07. The summed E-state index contributed by atoms with van der Waals surface area (Å²) < 4.78 is 1.37. The van der Waals surface area contributed by atoms with E-state index in [9.17, 15) is 9.59 Å². The van der Waals surface area contributed by atoms with Gasteiger partial charge in [0.15, 0.2) is 0 Å². The number of anilines is 1. The maximum Gasteiger partial charge on any atom is 0.274 e. The van der Waals surface area contributed by atoms with Crippen LogP contribution in [0.4, 0.5) is 5.69 Å². The van der Waals surface area contributed by atoms with Gasteiger partial charge in [0.05, 0.1) is 5.69 Å². The van der Waals surface area contributed by atoms with Gasteiger partial charge in [-0.05, 0) is 31.4 Å². The quantitative estimate of drug-likeness (QED) is 0.868. The molecule has 0 spiro atoms. The van der Waals surface area contributed by atoms with E-state index in [2.05, 4.69) is 0 Å². The van der Waals surface area contributed by atoms with E-state index >= 15 is 0 Å². The molecule has 2 heterocycles. The molecule has 18 heavy (non-hydrogen) atoms. The topological polar surface area (TPSA) is 68.3 Å². The Balaban J connectivity index is 0.00000162. The van der Waals surface area contributed by atoms with E-state index in [1.54, 1.807) is 18.3 Å². The summed E-state index contributed by atoms with van der Waals surface area (Å²) in [6.07, 6.45) is 4.89. The van der Waals surface area contributed by atoms with Gasteiger partial charge in [-0.1, -0.05) is 0 Å². The van der Waals surface area contributed by atoms with Gasteiger partial charge < -0.3 is 15.2 Å². The molecule has 2 rings (SSSR count). The monoisotopic (exact) mass is 271 g/mol. The number of piperidine rings is 1. The third-order valence-electron chi connectivity index (χ3n) is 3.06. The first-order valence-electron chi connectivity index (χ1n) is 5.91. The molecule has 1 amide bonds. The number of nitrogen functional groups attached to an aromatic ring is 1. The minimum absolute atomic E-state index is 0. The maximum atomic E-state index is 12.0. The Kier molecular flexibility index (Phi) is 5.22. The highest BCUT2D eigenvalue weighted by Crippen LogP contribution is 2.09. The Labute approximate surface area is 112 Å². The van der Waals surface area contributed by atoms with Crippen molar-refractivity contribution in [3.05, 3.63) is 28.7 Å². The molecule has 1 aromatic heterocycles. The first-order chi connectivity index (χ1) is 8.18. The molecule has 1 fully saturated rings. The van der Waals surface area contributed by atoms with Crippen LogP contribution in [0.25, 0.3) is 0 Å². The van der Waals surface area contributed by atoms with Crippen LogP contribution in [0.15, 0.2) is 23.1 Å². The number of hydrogen-bond donors (Lipinski definition) is 1. The highest BCUT2D eigenvalue weighted by molar-refractivity contribution is 5.85. The van der Waals surface area contributed by atoms with Crippen molar-refractivity contribution >= 4 is 24.0 Å². The molecular formula is C12H18ClN3O2. The van der Waals surface area contributed by atoms with Gasteiger partial charge in [-0.25, -0.2) is 0 Å². The Morgan fingerprint density at radius 1 is 1.28 bits per heavy atom. The zero-order chi connectivity index (χ0) is 12.3. The van der Waals surface area contributed by atoms with Crippen LogP contribution in [-0.4, -0.2) is 28.5 Å². The zero-order valence-electron chi connectivity index (χ0n) is 10.2. The van der Waals surface area contributed by atoms with Crippen LogP contribution in [-0.2, 0) is 11.3 Å². The van der Waals surface area contributed by atoms with Crippen LogP contribution in [0.2, 0.25) is 0 Å². The Bertz CT molecular complexity index is 467. The minimum Gasteiger partial charge on any atom is -0.394 e. The average Bonchev–Trinajstić information content (AvgIpc) is 2.36. The molecule has 0 aromatic carbocycles. The fraction of sp³-hybridized carbons (Fsp3) is 0.500. The van der Waals surface area contributed by atoms with E-state index in [-0.39, 0.29) is 36.1 Å². The first-order valence-corrected chi connectivity index (χ1v) is 5.91. The van der Waals surface area contributed by atoms with Crippen molar-refractivity contribution in [3.8, 4) is 0 Å². The summed E-state index contributed by atoms with van der Waals surface area (Å²) in [7, 11) is 0. The molecule has 0 aliphatic carbocycles. The third kappa shape index (κ3) is 3.26. The number of nitrogens with zero attached hydrogens (tertiary/aromatic N) is 2. The summed E-state index contributed by atoms with van der Waals surface area (Å²) in [4.78, 5) is 25.4. The van der Waals surface area contributed by atoms with Crippen LogP contribution >= 0.6 is 12.4 Å². The predicted molar refractivity (Wildman–Crippen MR) is 72.8 cm³/mol. The number of aromatic nitrogens is 1. The number of amides is 1. The second-order valence-electron chi connectivity index (χ2n) is 4.34. The van der Waals surface area contributed by atoms with Crippen molar-refractivity contribution in [2.45, 2.75) is 25.8 Å². The normalized spacial score (nSPS) is 15.0. The number of nitrogens with two attached hydrogens (primary N) is 1. The highest BCUT2D eigenvalue weighted by atomic mass is 35.5. The van der Waals surface area contributed by atoms with Gasteiger partial charge in [0.2, 0.25) is 5.91 Å². The molecule has 0 bridgehead atoms. The third-order valence-corrected chi connectivity index (χ3v) is 3.06. The number of hydrogen-bond acceptors (Lipinski definition) is 3. The molecule has 100 valence electrons. The van der Waals surface area contributed by atoms with Crippen molar-refractivity contribution in [1.82, 2.24) is 9.47 Å². The lowest BCUT2D eigenvalue weighted by molar-refractivity contribution is -0.132. The van der Waals surface area contributed by atoms with Gasteiger partial charge in [0.25, 0.3) is 5.56 Å². The largest absolute Gasteiger partial charge is 0.394 e. The lowest BCUT2D eigenvalue weighted by Crippen LogP contribution is -2.39. The van der Waals surface area contributed by atoms with Crippen LogP contribution < -0.4 is 11.3 Å². The Morgan fingerprint density at radius 2 is 1.94 bits per heavy atom. The summed E-state index contributed by atoms with van der Waals surface area (Å²) in [6, 6.07) is 3.23.